The second kappa shape index (κ2) is 10.1. The van der Waals surface area contributed by atoms with Gasteiger partial charge in [-0.3, -0.25) is 0 Å². The second-order valence-corrected chi connectivity index (χ2v) is 6.12. The van der Waals surface area contributed by atoms with E-state index in [4.69, 9.17) is 9.05 Å². The first-order chi connectivity index (χ1) is 9.63. The first-order valence-electron chi connectivity index (χ1n) is 7.50. The minimum atomic E-state index is -1.81. The Labute approximate surface area is 124 Å². The first-order valence-corrected chi connectivity index (χ1v) is 8.63. The molecular formula is C16H27O3P. The van der Waals surface area contributed by atoms with Crippen molar-refractivity contribution in [1.82, 2.24) is 0 Å². The zero-order chi connectivity index (χ0) is 14.8. The normalized spacial score (nSPS) is 12.4. The van der Waals surface area contributed by atoms with Crippen molar-refractivity contribution >= 4 is 8.60 Å². The second-order valence-electron chi connectivity index (χ2n) is 5.20. The van der Waals surface area contributed by atoms with E-state index in [-0.39, 0.29) is 0 Å². The van der Waals surface area contributed by atoms with Gasteiger partial charge in [0.2, 0.25) is 0 Å². The summed E-state index contributed by atoms with van der Waals surface area (Å²) in [6.45, 7) is 6.79. The molecule has 1 unspecified atom stereocenters. The van der Waals surface area contributed by atoms with Crippen molar-refractivity contribution in [1.29, 1.82) is 0 Å². The lowest BCUT2D eigenvalue weighted by Crippen LogP contribution is -1.96. The zero-order valence-electron chi connectivity index (χ0n) is 12.9. The van der Waals surface area contributed by atoms with Gasteiger partial charge < -0.3 is 13.9 Å². The summed E-state index contributed by atoms with van der Waals surface area (Å²) < 4.78 is 10.8. The summed E-state index contributed by atoms with van der Waals surface area (Å²) in [5, 5.41) is 0. The fourth-order valence-electron chi connectivity index (χ4n) is 2.04. The molecule has 0 aliphatic carbocycles. The van der Waals surface area contributed by atoms with Crippen LogP contribution in [0.15, 0.2) is 18.2 Å². The molecule has 114 valence electrons. The minimum absolute atomic E-state index is 0.569. The molecule has 0 aliphatic heterocycles. The Hall–Kier alpha value is -0.630. The van der Waals surface area contributed by atoms with Gasteiger partial charge >= 0.3 is 8.60 Å². The lowest BCUT2D eigenvalue weighted by atomic mass is 10.1. The van der Waals surface area contributed by atoms with E-state index in [1.54, 1.807) is 0 Å². The van der Waals surface area contributed by atoms with Crippen LogP contribution in [0.3, 0.4) is 0 Å². The van der Waals surface area contributed by atoms with Crippen LogP contribution in [0.2, 0.25) is 0 Å². The van der Waals surface area contributed by atoms with Crippen LogP contribution in [0.25, 0.3) is 0 Å². The average molecular weight is 298 g/mol. The molecule has 0 aromatic heterocycles. The molecule has 0 saturated carbocycles. The van der Waals surface area contributed by atoms with Crippen LogP contribution in [0, 0.1) is 13.8 Å². The number of aryl methyl sites for hydroxylation is 2. The Morgan fingerprint density at radius 2 is 1.75 bits per heavy atom. The summed E-state index contributed by atoms with van der Waals surface area (Å²) in [7, 11) is -1.81. The van der Waals surface area contributed by atoms with Crippen LogP contribution in [-0.2, 0) is 4.52 Å². The third-order valence-corrected chi connectivity index (χ3v) is 3.96. The summed E-state index contributed by atoms with van der Waals surface area (Å²) in [6.07, 6.45) is 7.26. The predicted octanol–water partition coefficient (Wildman–Crippen LogP) is 5.28. The summed E-state index contributed by atoms with van der Waals surface area (Å²) in [5.74, 6) is 0.701. The average Bonchev–Trinajstić information content (AvgIpc) is 2.41. The lowest BCUT2D eigenvalue weighted by Gasteiger charge is -2.13. The number of rotatable bonds is 10. The van der Waals surface area contributed by atoms with Crippen LogP contribution in [0.4, 0.5) is 0 Å². The summed E-state index contributed by atoms with van der Waals surface area (Å²) in [4.78, 5) is 9.76. The molecule has 0 aliphatic rings. The number of hydrogen-bond acceptors (Lipinski definition) is 3. The highest BCUT2D eigenvalue weighted by Gasteiger charge is 2.10. The third kappa shape index (κ3) is 7.23. The lowest BCUT2D eigenvalue weighted by molar-refractivity contribution is 0.253. The molecule has 1 N–H and O–H groups in total. The van der Waals surface area contributed by atoms with E-state index >= 15 is 0 Å². The molecule has 0 heterocycles. The maximum Gasteiger partial charge on any atom is 0.394 e. The van der Waals surface area contributed by atoms with Crippen LogP contribution < -0.4 is 4.52 Å². The van der Waals surface area contributed by atoms with Crippen molar-refractivity contribution in [3.8, 4) is 5.75 Å². The fourth-order valence-corrected chi connectivity index (χ4v) is 2.75. The molecule has 1 aromatic carbocycles. The topological polar surface area (TPSA) is 38.7 Å². The maximum atomic E-state index is 9.76. The van der Waals surface area contributed by atoms with Gasteiger partial charge in [-0.25, -0.2) is 0 Å². The van der Waals surface area contributed by atoms with Crippen molar-refractivity contribution in [2.24, 2.45) is 0 Å². The quantitative estimate of drug-likeness (QED) is 0.472. The fraction of sp³-hybridized carbons (Fsp3) is 0.625. The van der Waals surface area contributed by atoms with Crippen molar-refractivity contribution in [2.45, 2.75) is 59.3 Å². The largest absolute Gasteiger partial charge is 0.427 e. The third-order valence-electron chi connectivity index (χ3n) is 3.21. The SMILES string of the molecule is CCCCCCCCOP(O)Oc1ccc(C)cc1C. The van der Waals surface area contributed by atoms with Gasteiger partial charge in [-0.1, -0.05) is 56.7 Å². The predicted molar refractivity (Wildman–Crippen MR) is 85.0 cm³/mol. The summed E-state index contributed by atoms with van der Waals surface area (Å²) in [6, 6.07) is 5.88. The highest BCUT2D eigenvalue weighted by atomic mass is 31.2. The van der Waals surface area contributed by atoms with Crippen molar-refractivity contribution in [3.63, 3.8) is 0 Å². The molecule has 0 radical (unpaired) electrons. The van der Waals surface area contributed by atoms with E-state index in [1.165, 1.54) is 31.2 Å². The van der Waals surface area contributed by atoms with Crippen molar-refractivity contribution < 1.29 is 13.9 Å². The Balaban J connectivity index is 2.15. The molecule has 4 heteroatoms. The summed E-state index contributed by atoms with van der Waals surface area (Å²) in [5.41, 5.74) is 2.21. The van der Waals surface area contributed by atoms with E-state index in [2.05, 4.69) is 6.92 Å². The highest BCUT2D eigenvalue weighted by molar-refractivity contribution is 7.41. The number of benzene rings is 1. The van der Waals surface area contributed by atoms with E-state index in [0.717, 1.165) is 18.4 Å². The Morgan fingerprint density at radius 3 is 2.45 bits per heavy atom. The Bertz CT molecular complexity index is 382. The van der Waals surface area contributed by atoms with Crippen LogP contribution in [0.1, 0.15) is 56.6 Å². The van der Waals surface area contributed by atoms with Crippen molar-refractivity contribution in [2.75, 3.05) is 6.61 Å². The molecule has 20 heavy (non-hydrogen) atoms. The van der Waals surface area contributed by atoms with Gasteiger partial charge in [0.25, 0.3) is 0 Å². The van der Waals surface area contributed by atoms with Crippen molar-refractivity contribution in [3.05, 3.63) is 29.3 Å². The molecule has 0 fully saturated rings. The molecule has 0 saturated heterocycles. The van der Waals surface area contributed by atoms with E-state index < -0.39 is 8.60 Å². The molecule has 3 nitrogen and oxygen atoms in total. The van der Waals surface area contributed by atoms with Gasteiger partial charge in [-0.15, -0.1) is 0 Å². The first kappa shape index (κ1) is 17.4. The molecule has 1 aromatic rings. The van der Waals surface area contributed by atoms with Crippen LogP contribution in [0.5, 0.6) is 5.75 Å². The maximum absolute atomic E-state index is 9.76. The number of hydrogen-bond donors (Lipinski definition) is 1. The van der Waals surface area contributed by atoms with Crippen LogP contribution >= 0.6 is 8.60 Å². The molecular weight excluding hydrogens is 271 g/mol. The van der Waals surface area contributed by atoms with Gasteiger partial charge in [0.1, 0.15) is 5.75 Å². The van der Waals surface area contributed by atoms with Gasteiger partial charge in [0.05, 0.1) is 6.61 Å². The number of unbranched alkanes of at least 4 members (excludes halogenated alkanes) is 5. The zero-order valence-corrected chi connectivity index (χ0v) is 13.8. The minimum Gasteiger partial charge on any atom is -0.427 e. The molecule has 1 rings (SSSR count). The highest BCUT2D eigenvalue weighted by Crippen LogP contribution is 2.36. The van der Waals surface area contributed by atoms with Gasteiger partial charge in [0, 0.05) is 0 Å². The molecule has 0 amide bonds. The van der Waals surface area contributed by atoms with Gasteiger partial charge in [-0.05, 0) is 31.9 Å². The van der Waals surface area contributed by atoms with Gasteiger partial charge in [0.15, 0.2) is 0 Å². The van der Waals surface area contributed by atoms with E-state index in [9.17, 15) is 4.89 Å². The summed E-state index contributed by atoms with van der Waals surface area (Å²) >= 11 is 0. The monoisotopic (exact) mass is 298 g/mol. The standard InChI is InChI=1S/C16H27O3P/c1-4-5-6-7-8-9-12-18-20(17)19-16-11-10-14(2)13-15(16)3/h10-11,13,17H,4-9,12H2,1-3H3. The Kier molecular flexibility index (Phi) is 8.84. The Morgan fingerprint density at radius 1 is 1.05 bits per heavy atom. The molecule has 1 atom stereocenters. The molecule has 0 spiro atoms. The molecule has 0 bridgehead atoms. The smallest absolute Gasteiger partial charge is 0.394 e. The van der Waals surface area contributed by atoms with Crippen LogP contribution in [-0.4, -0.2) is 11.5 Å². The van der Waals surface area contributed by atoms with E-state index in [1.807, 2.05) is 32.0 Å². The van der Waals surface area contributed by atoms with E-state index in [0.29, 0.717) is 12.4 Å². The van der Waals surface area contributed by atoms with Gasteiger partial charge in [-0.2, -0.15) is 0 Å².